The Morgan fingerprint density at radius 2 is 1.40 bits per heavy atom. The van der Waals surface area contributed by atoms with Gasteiger partial charge in [0.05, 0.1) is 10.6 Å². The second-order valence-corrected chi connectivity index (χ2v) is 12.7. The number of hydrogen-bond acceptors (Lipinski definition) is 4. The van der Waals surface area contributed by atoms with E-state index >= 15 is 0 Å². The van der Waals surface area contributed by atoms with Crippen molar-refractivity contribution in [3.8, 4) is 0 Å². The fraction of sp³-hybridized carbons (Fsp3) is 0.212. The molecule has 42 heavy (non-hydrogen) atoms. The lowest BCUT2D eigenvalue weighted by Gasteiger charge is -2.34. The van der Waals surface area contributed by atoms with Crippen molar-refractivity contribution in [3.05, 3.63) is 130 Å². The molecule has 0 radical (unpaired) electrons. The van der Waals surface area contributed by atoms with Crippen LogP contribution in [-0.2, 0) is 32.6 Å². The third kappa shape index (κ3) is 7.86. The van der Waals surface area contributed by atoms with Crippen molar-refractivity contribution in [2.24, 2.45) is 0 Å². The molecule has 0 aliphatic carbocycles. The summed E-state index contributed by atoms with van der Waals surface area (Å²) in [6, 6.07) is 31.1. The second kappa shape index (κ2) is 14.3. The molecule has 0 aliphatic rings. The van der Waals surface area contributed by atoms with Crippen molar-refractivity contribution in [3.63, 3.8) is 0 Å². The van der Waals surface area contributed by atoms with Crippen LogP contribution in [0.2, 0.25) is 0 Å². The molecule has 0 aliphatic heterocycles. The summed E-state index contributed by atoms with van der Waals surface area (Å²) in [5.41, 5.74) is 3.01. The Hall–Kier alpha value is -3.95. The van der Waals surface area contributed by atoms with Crippen LogP contribution in [0.4, 0.5) is 5.69 Å². The lowest BCUT2D eigenvalue weighted by atomic mass is 10.0. The Balaban J connectivity index is 1.78. The molecule has 1 N–H and O–H groups in total. The van der Waals surface area contributed by atoms with Crippen LogP contribution in [0.5, 0.6) is 0 Å². The SMILES string of the molecule is CCNC(=O)[C@H](Cc1ccccc1)N(Cc1ccc(Br)cc1)C(=O)CN(c1ccc(C)cc1)S(=O)(=O)c1ccccc1. The van der Waals surface area contributed by atoms with Gasteiger partial charge in [0.25, 0.3) is 10.0 Å². The van der Waals surface area contributed by atoms with Gasteiger partial charge < -0.3 is 10.2 Å². The monoisotopic (exact) mass is 647 g/mol. The minimum absolute atomic E-state index is 0.0717. The number of amides is 2. The number of benzene rings is 4. The molecule has 0 saturated heterocycles. The average molecular weight is 649 g/mol. The summed E-state index contributed by atoms with van der Waals surface area (Å²) >= 11 is 3.45. The lowest BCUT2D eigenvalue weighted by molar-refractivity contribution is -0.140. The molecule has 4 aromatic carbocycles. The van der Waals surface area contributed by atoms with Crippen molar-refractivity contribution < 1.29 is 18.0 Å². The number of aryl methyl sites for hydroxylation is 1. The zero-order chi connectivity index (χ0) is 30.1. The van der Waals surface area contributed by atoms with Gasteiger partial charge in [0.1, 0.15) is 12.6 Å². The Morgan fingerprint density at radius 1 is 0.810 bits per heavy atom. The summed E-state index contributed by atoms with van der Waals surface area (Å²) in [6.45, 7) is 3.76. The molecule has 0 fully saturated rings. The van der Waals surface area contributed by atoms with Gasteiger partial charge in [-0.15, -0.1) is 0 Å². The van der Waals surface area contributed by atoms with E-state index in [2.05, 4.69) is 21.2 Å². The van der Waals surface area contributed by atoms with Crippen LogP contribution in [0.25, 0.3) is 0 Å². The third-order valence-electron chi connectivity index (χ3n) is 6.82. The summed E-state index contributed by atoms with van der Waals surface area (Å²) in [5.74, 6) is -0.801. The van der Waals surface area contributed by atoms with Crippen molar-refractivity contribution in [2.75, 3.05) is 17.4 Å². The van der Waals surface area contributed by atoms with Gasteiger partial charge in [0.2, 0.25) is 11.8 Å². The fourth-order valence-corrected chi connectivity index (χ4v) is 6.29. The first-order chi connectivity index (χ1) is 20.2. The normalized spacial score (nSPS) is 11.9. The zero-order valence-electron chi connectivity index (χ0n) is 23.6. The Labute approximate surface area is 256 Å². The molecular weight excluding hydrogens is 614 g/mol. The molecule has 9 heteroatoms. The van der Waals surface area contributed by atoms with Crippen LogP contribution < -0.4 is 9.62 Å². The third-order valence-corrected chi connectivity index (χ3v) is 9.14. The summed E-state index contributed by atoms with van der Waals surface area (Å²) < 4.78 is 29.9. The van der Waals surface area contributed by atoms with E-state index in [1.54, 1.807) is 42.5 Å². The fourth-order valence-electron chi connectivity index (χ4n) is 4.59. The predicted octanol–water partition coefficient (Wildman–Crippen LogP) is 5.73. The van der Waals surface area contributed by atoms with Crippen LogP contribution in [0.15, 0.2) is 119 Å². The number of hydrogen-bond donors (Lipinski definition) is 1. The van der Waals surface area contributed by atoms with E-state index in [1.165, 1.54) is 17.0 Å². The number of nitrogens with zero attached hydrogens (tertiary/aromatic N) is 2. The minimum Gasteiger partial charge on any atom is -0.355 e. The maximum absolute atomic E-state index is 14.3. The van der Waals surface area contributed by atoms with E-state index in [0.29, 0.717) is 12.2 Å². The van der Waals surface area contributed by atoms with E-state index in [1.807, 2.05) is 68.4 Å². The van der Waals surface area contributed by atoms with Crippen molar-refractivity contribution in [2.45, 2.75) is 37.8 Å². The number of halogens is 1. The van der Waals surface area contributed by atoms with Crippen LogP contribution in [0.3, 0.4) is 0 Å². The van der Waals surface area contributed by atoms with Crippen molar-refractivity contribution >= 4 is 43.5 Å². The highest BCUT2D eigenvalue weighted by atomic mass is 79.9. The van der Waals surface area contributed by atoms with Crippen LogP contribution in [0.1, 0.15) is 23.6 Å². The van der Waals surface area contributed by atoms with Crippen LogP contribution in [0, 0.1) is 6.92 Å². The summed E-state index contributed by atoms with van der Waals surface area (Å²) in [7, 11) is -4.11. The first-order valence-corrected chi connectivity index (χ1v) is 15.9. The standard InChI is InChI=1S/C33H34BrN3O4S/c1-3-35-33(39)31(22-26-10-6-4-7-11-26)36(23-27-16-18-28(34)19-17-27)32(38)24-37(29-20-14-25(2)15-21-29)42(40,41)30-12-8-5-9-13-30/h4-21,31H,3,22-24H2,1-2H3,(H,35,39)/t31-/m0/s1. The van der Waals surface area contributed by atoms with E-state index in [9.17, 15) is 18.0 Å². The maximum Gasteiger partial charge on any atom is 0.264 e. The first kappa shape index (κ1) is 31.0. The molecule has 218 valence electrons. The topological polar surface area (TPSA) is 86.8 Å². The predicted molar refractivity (Wildman–Crippen MR) is 169 cm³/mol. The number of likely N-dealkylation sites (N-methyl/N-ethyl adjacent to an activating group) is 1. The molecule has 0 unspecified atom stereocenters. The summed E-state index contributed by atoms with van der Waals surface area (Å²) in [4.78, 5) is 29.4. The number of rotatable bonds is 12. The Bertz CT molecular complexity index is 1580. The van der Waals surface area contributed by atoms with Gasteiger partial charge >= 0.3 is 0 Å². The van der Waals surface area contributed by atoms with Crippen molar-refractivity contribution in [1.29, 1.82) is 0 Å². The zero-order valence-corrected chi connectivity index (χ0v) is 26.0. The number of sulfonamides is 1. The van der Waals surface area contributed by atoms with E-state index in [-0.39, 0.29) is 23.8 Å². The quantitative estimate of drug-likeness (QED) is 0.213. The first-order valence-electron chi connectivity index (χ1n) is 13.7. The van der Waals surface area contributed by atoms with Gasteiger partial charge in [-0.1, -0.05) is 94.3 Å². The van der Waals surface area contributed by atoms with Gasteiger partial charge in [-0.25, -0.2) is 8.42 Å². The molecule has 2 amide bonds. The van der Waals surface area contributed by atoms with Gasteiger partial charge in [-0.3, -0.25) is 13.9 Å². The number of carbonyl (C=O) groups excluding carboxylic acids is 2. The Morgan fingerprint density at radius 3 is 2.00 bits per heavy atom. The summed E-state index contributed by atoms with van der Waals surface area (Å²) in [5, 5.41) is 2.87. The van der Waals surface area contributed by atoms with Gasteiger partial charge in [0.15, 0.2) is 0 Å². The average Bonchev–Trinajstić information content (AvgIpc) is 3.00. The smallest absolute Gasteiger partial charge is 0.264 e. The minimum atomic E-state index is -4.11. The van der Waals surface area contributed by atoms with E-state index < -0.39 is 28.5 Å². The molecule has 7 nitrogen and oxygen atoms in total. The molecule has 4 rings (SSSR count). The molecule has 0 bridgehead atoms. The highest BCUT2D eigenvalue weighted by Gasteiger charge is 2.34. The van der Waals surface area contributed by atoms with E-state index in [4.69, 9.17) is 0 Å². The highest BCUT2D eigenvalue weighted by Crippen LogP contribution is 2.25. The molecule has 0 saturated carbocycles. The van der Waals surface area contributed by atoms with Crippen LogP contribution in [-0.4, -0.2) is 44.3 Å². The molecule has 0 heterocycles. The van der Waals surface area contributed by atoms with Crippen molar-refractivity contribution in [1.82, 2.24) is 10.2 Å². The lowest BCUT2D eigenvalue weighted by Crippen LogP contribution is -2.53. The number of anilines is 1. The van der Waals surface area contributed by atoms with Gasteiger partial charge in [-0.2, -0.15) is 0 Å². The van der Waals surface area contributed by atoms with E-state index in [0.717, 1.165) is 25.5 Å². The molecule has 0 aromatic heterocycles. The second-order valence-electron chi connectivity index (χ2n) is 9.91. The largest absolute Gasteiger partial charge is 0.355 e. The number of nitrogens with one attached hydrogen (secondary N) is 1. The van der Waals surface area contributed by atoms with Crippen LogP contribution >= 0.6 is 15.9 Å². The number of carbonyl (C=O) groups is 2. The molecule has 4 aromatic rings. The van der Waals surface area contributed by atoms with Gasteiger partial charge in [0, 0.05) is 24.0 Å². The molecule has 0 spiro atoms. The molecular formula is C33H34BrN3O4S. The Kier molecular flexibility index (Phi) is 10.5. The van der Waals surface area contributed by atoms with Gasteiger partial charge in [-0.05, 0) is 61.4 Å². The summed E-state index contributed by atoms with van der Waals surface area (Å²) in [6.07, 6.45) is 0.269. The highest BCUT2D eigenvalue weighted by molar-refractivity contribution is 9.10. The maximum atomic E-state index is 14.3. The molecule has 1 atom stereocenters.